The van der Waals surface area contributed by atoms with Crippen LogP contribution in [0.15, 0.2) is 0 Å². The van der Waals surface area contributed by atoms with Crippen LogP contribution in [0.1, 0.15) is 12.8 Å². The summed E-state index contributed by atoms with van der Waals surface area (Å²) in [4.78, 5) is 0. The fourth-order valence-corrected chi connectivity index (χ4v) is 1.75. The molecule has 1 aliphatic carbocycles. The van der Waals surface area contributed by atoms with Gasteiger partial charge in [-0.2, -0.15) is 0 Å². The predicted octanol–water partition coefficient (Wildman–Crippen LogP) is -2.17. The number of aliphatic hydroxyl groups is 5. The van der Waals surface area contributed by atoms with E-state index in [0.717, 1.165) is 0 Å². The van der Waals surface area contributed by atoms with E-state index in [1.807, 2.05) is 0 Å². The molecule has 0 aromatic heterocycles. The van der Waals surface area contributed by atoms with E-state index in [9.17, 15) is 20.4 Å². The molecule has 0 radical (unpaired) electrons. The Morgan fingerprint density at radius 1 is 0.923 bits per heavy atom. The van der Waals surface area contributed by atoms with Gasteiger partial charge in [-0.05, 0) is 18.8 Å². The number of aliphatic hydroxyl groups excluding tert-OH is 5. The fourth-order valence-electron chi connectivity index (χ4n) is 1.75. The molecule has 5 heteroatoms. The van der Waals surface area contributed by atoms with Gasteiger partial charge in [0.25, 0.3) is 0 Å². The second-order valence-electron chi connectivity index (χ2n) is 3.55. The molecule has 5 atom stereocenters. The van der Waals surface area contributed by atoms with Gasteiger partial charge in [0, 0.05) is 6.61 Å². The smallest absolute Gasteiger partial charge is 0.108 e. The first-order chi connectivity index (χ1) is 6.07. The van der Waals surface area contributed by atoms with Gasteiger partial charge >= 0.3 is 0 Å². The van der Waals surface area contributed by atoms with Crippen LogP contribution in [0, 0.1) is 5.92 Å². The molecule has 78 valence electrons. The van der Waals surface area contributed by atoms with E-state index in [-0.39, 0.29) is 18.9 Å². The summed E-state index contributed by atoms with van der Waals surface area (Å²) in [5, 5.41) is 45.8. The van der Waals surface area contributed by atoms with Gasteiger partial charge in [0.05, 0.1) is 12.2 Å². The maximum Gasteiger partial charge on any atom is 0.108 e. The van der Waals surface area contributed by atoms with Crippen LogP contribution in [0.5, 0.6) is 0 Å². The Bertz CT molecular complexity index is 163. The molecule has 1 saturated carbocycles. The molecule has 13 heavy (non-hydrogen) atoms. The van der Waals surface area contributed by atoms with Gasteiger partial charge in [0.2, 0.25) is 0 Å². The van der Waals surface area contributed by atoms with Crippen LogP contribution in [-0.2, 0) is 0 Å². The van der Waals surface area contributed by atoms with Crippen molar-refractivity contribution in [1.29, 1.82) is 0 Å². The molecule has 0 aliphatic heterocycles. The number of hydrogen-bond acceptors (Lipinski definition) is 5. The topological polar surface area (TPSA) is 101 Å². The van der Waals surface area contributed by atoms with Gasteiger partial charge in [-0.1, -0.05) is 0 Å². The third kappa shape index (κ3) is 2.18. The highest BCUT2D eigenvalue weighted by molar-refractivity contribution is 4.92. The fraction of sp³-hybridized carbons (Fsp3) is 1.00. The van der Waals surface area contributed by atoms with Crippen molar-refractivity contribution in [2.24, 2.45) is 5.92 Å². The van der Waals surface area contributed by atoms with Crippen molar-refractivity contribution in [2.45, 2.75) is 37.3 Å². The lowest BCUT2D eigenvalue weighted by molar-refractivity contribution is -0.159. The van der Waals surface area contributed by atoms with Crippen molar-refractivity contribution < 1.29 is 25.5 Å². The summed E-state index contributed by atoms with van der Waals surface area (Å²) in [6.45, 7) is -0.0999. The van der Waals surface area contributed by atoms with E-state index in [1.165, 1.54) is 0 Å². The Hall–Kier alpha value is -0.200. The van der Waals surface area contributed by atoms with Gasteiger partial charge in [-0.3, -0.25) is 0 Å². The second-order valence-corrected chi connectivity index (χ2v) is 3.55. The molecule has 0 spiro atoms. The summed E-state index contributed by atoms with van der Waals surface area (Å²) in [6, 6.07) is 0. The minimum Gasteiger partial charge on any atom is -0.396 e. The van der Waals surface area contributed by atoms with Crippen molar-refractivity contribution in [3.63, 3.8) is 0 Å². The lowest BCUT2D eigenvalue weighted by atomic mass is 9.79. The summed E-state index contributed by atoms with van der Waals surface area (Å²) in [5.74, 6) is -0.349. The summed E-state index contributed by atoms with van der Waals surface area (Å²) in [5.41, 5.74) is 0. The van der Waals surface area contributed by atoms with Crippen LogP contribution in [-0.4, -0.2) is 56.6 Å². The van der Waals surface area contributed by atoms with Crippen molar-refractivity contribution in [3.05, 3.63) is 0 Å². The van der Waals surface area contributed by atoms with Gasteiger partial charge < -0.3 is 25.5 Å². The molecule has 0 aromatic carbocycles. The minimum absolute atomic E-state index is 0.0999. The average molecular weight is 192 g/mol. The Balaban J connectivity index is 2.59. The van der Waals surface area contributed by atoms with E-state index in [0.29, 0.717) is 6.42 Å². The Morgan fingerprint density at radius 3 is 2.08 bits per heavy atom. The summed E-state index contributed by atoms with van der Waals surface area (Å²) < 4.78 is 0. The zero-order chi connectivity index (χ0) is 10.0. The van der Waals surface area contributed by atoms with Gasteiger partial charge in [-0.15, -0.1) is 0 Å². The third-order valence-corrected chi connectivity index (χ3v) is 2.62. The Labute approximate surface area is 76.3 Å². The Kier molecular flexibility index (Phi) is 3.63. The molecule has 1 rings (SSSR count). The number of rotatable bonds is 2. The van der Waals surface area contributed by atoms with E-state index >= 15 is 0 Å². The molecule has 0 aromatic rings. The summed E-state index contributed by atoms with van der Waals surface area (Å²) in [6.07, 6.45) is -4.16. The first kappa shape index (κ1) is 10.9. The molecule has 0 heterocycles. The molecule has 5 N–H and O–H groups in total. The van der Waals surface area contributed by atoms with E-state index in [2.05, 4.69) is 0 Å². The van der Waals surface area contributed by atoms with Crippen molar-refractivity contribution >= 4 is 0 Å². The quantitative estimate of drug-likeness (QED) is 0.343. The van der Waals surface area contributed by atoms with Crippen molar-refractivity contribution in [3.8, 4) is 0 Å². The van der Waals surface area contributed by atoms with Gasteiger partial charge in [0.15, 0.2) is 0 Å². The molecule has 1 fully saturated rings. The van der Waals surface area contributed by atoms with E-state index < -0.39 is 24.4 Å². The van der Waals surface area contributed by atoms with E-state index in [4.69, 9.17) is 5.11 Å². The highest BCUT2D eigenvalue weighted by Gasteiger charge is 2.41. The van der Waals surface area contributed by atoms with Crippen LogP contribution in [0.4, 0.5) is 0 Å². The lowest BCUT2D eigenvalue weighted by Gasteiger charge is -2.38. The third-order valence-electron chi connectivity index (χ3n) is 2.62. The van der Waals surface area contributed by atoms with Crippen LogP contribution in [0.2, 0.25) is 0 Å². The maximum atomic E-state index is 9.42. The maximum absolute atomic E-state index is 9.42. The molecule has 0 saturated heterocycles. The predicted molar refractivity (Wildman–Crippen MR) is 43.8 cm³/mol. The molecule has 5 nitrogen and oxygen atoms in total. The summed E-state index contributed by atoms with van der Waals surface area (Å²) >= 11 is 0. The SMILES string of the molecule is OCC[C@@H]1C[C@@H](O)[C@@H](O)[C@@H](O)[C@@H]1O. The monoisotopic (exact) mass is 192 g/mol. The zero-order valence-electron chi connectivity index (χ0n) is 7.24. The largest absolute Gasteiger partial charge is 0.396 e. The van der Waals surface area contributed by atoms with Gasteiger partial charge in [-0.25, -0.2) is 0 Å². The minimum atomic E-state index is -1.32. The van der Waals surface area contributed by atoms with Crippen LogP contribution >= 0.6 is 0 Å². The van der Waals surface area contributed by atoms with Crippen molar-refractivity contribution in [2.75, 3.05) is 6.61 Å². The summed E-state index contributed by atoms with van der Waals surface area (Å²) in [7, 11) is 0. The van der Waals surface area contributed by atoms with Crippen molar-refractivity contribution in [1.82, 2.24) is 0 Å². The molecule has 1 aliphatic rings. The van der Waals surface area contributed by atoms with Gasteiger partial charge in [0.1, 0.15) is 12.2 Å². The highest BCUT2D eigenvalue weighted by Crippen LogP contribution is 2.27. The normalized spacial score (nSPS) is 46.4. The standard InChI is InChI=1S/C8H16O5/c9-2-1-4-3-5(10)7(12)8(13)6(4)11/h4-13H,1-3H2/t4-,5-,6-,7-,8+/m1/s1. The molecular weight excluding hydrogens is 176 g/mol. The molecule has 0 unspecified atom stereocenters. The van der Waals surface area contributed by atoms with Crippen LogP contribution in [0.25, 0.3) is 0 Å². The first-order valence-corrected chi connectivity index (χ1v) is 4.41. The Morgan fingerprint density at radius 2 is 1.54 bits per heavy atom. The zero-order valence-corrected chi connectivity index (χ0v) is 7.24. The van der Waals surface area contributed by atoms with Crippen LogP contribution < -0.4 is 0 Å². The molecule has 0 amide bonds. The second kappa shape index (κ2) is 4.34. The number of hydrogen-bond donors (Lipinski definition) is 5. The van der Waals surface area contributed by atoms with E-state index in [1.54, 1.807) is 0 Å². The molecular formula is C8H16O5. The lowest BCUT2D eigenvalue weighted by Crippen LogP contribution is -2.53. The first-order valence-electron chi connectivity index (χ1n) is 4.41. The average Bonchev–Trinajstić information content (AvgIpc) is 2.11. The van der Waals surface area contributed by atoms with Crippen LogP contribution in [0.3, 0.4) is 0 Å². The highest BCUT2D eigenvalue weighted by atomic mass is 16.4. The molecule has 0 bridgehead atoms.